The number of benzene rings is 2. The molecule has 0 aliphatic carbocycles. The van der Waals surface area contributed by atoms with Gasteiger partial charge >= 0.3 is 0 Å². The van der Waals surface area contributed by atoms with Gasteiger partial charge in [0.2, 0.25) is 0 Å². The molecule has 0 radical (unpaired) electrons. The number of hydrogen-bond donors (Lipinski definition) is 1. The second-order valence-electron chi connectivity index (χ2n) is 5.45. The first-order valence-electron chi connectivity index (χ1n) is 7.63. The van der Waals surface area contributed by atoms with E-state index in [9.17, 15) is 0 Å². The Balaban J connectivity index is 2.40. The van der Waals surface area contributed by atoms with Crippen molar-refractivity contribution in [1.29, 1.82) is 0 Å². The van der Waals surface area contributed by atoms with Crippen LogP contribution in [0.2, 0.25) is 0 Å². The molecule has 0 spiro atoms. The summed E-state index contributed by atoms with van der Waals surface area (Å²) in [5, 5.41) is 0. The van der Waals surface area contributed by atoms with Crippen molar-refractivity contribution in [2.75, 3.05) is 0 Å². The molecule has 106 valence electrons. The van der Waals surface area contributed by atoms with Crippen molar-refractivity contribution in [2.45, 2.75) is 38.6 Å². The van der Waals surface area contributed by atoms with E-state index in [0.717, 1.165) is 12.8 Å². The molecule has 2 aromatic rings. The van der Waals surface area contributed by atoms with Crippen LogP contribution < -0.4 is 5.73 Å². The zero-order valence-corrected chi connectivity index (χ0v) is 12.5. The van der Waals surface area contributed by atoms with Gasteiger partial charge in [-0.1, -0.05) is 87.4 Å². The average Bonchev–Trinajstić information content (AvgIpc) is 2.51. The molecule has 1 nitrogen and oxygen atoms in total. The van der Waals surface area contributed by atoms with Crippen LogP contribution in [0.1, 0.15) is 43.7 Å². The van der Waals surface area contributed by atoms with Crippen molar-refractivity contribution >= 4 is 0 Å². The monoisotopic (exact) mass is 267 g/mol. The molecule has 0 aromatic heterocycles. The van der Waals surface area contributed by atoms with Gasteiger partial charge in [0.05, 0.1) is 0 Å². The van der Waals surface area contributed by atoms with E-state index in [4.69, 9.17) is 5.73 Å². The van der Waals surface area contributed by atoms with E-state index >= 15 is 0 Å². The third-order valence-electron chi connectivity index (χ3n) is 4.30. The van der Waals surface area contributed by atoms with E-state index in [1.165, 1.54) is 11.1 Å². The summed E-state index contributed by atoms with van der Waals surface area (Å²) in [6.45, 7) is 4.47. The molecule has 0 aliphatic rings. The molecule has 2 aromatic carbocycles. The van der Waals surface area contributed by atoms with Crippen LogP contribution in [-0.2, 0) is 0 Å². The number of hydrogen-bond acceptors (Lipinski definition) is 1. The van der Waals surface area contributed by atoms with E-state index < -0.39 is 0 Å². The topological polar surface area (TPSA) is 26.0 Å². The molecular formula is C19H25N. The Morgan fingerprint density at radius 2 is 1.15 bits per heavy atom. The molecule has 0 heterocycles. The van der Waals surface area contributed by atoms with Gasteiger partial charge in [-0.05, 0) is 17.0 Å². The summed E-state index contributed by atoms with van der Waals surface area (Å²) in [4.78, 5) is 0. The summed E-state index contributed by atoms with van der Waals surface area (Å²) in [5.74, 6) is 0.836. The fourth-order valence-electron chi connectivity index (χ4n) is 3.06. The van der Waals surface area contributed by atoms with E-state index in [0.29, 0.717) is 5.92 Å². The van der Waals surface area contributed by atoms with Crippen LogP contribution in [-0.4, -0.2) is 6.04 Å². The minimum absolute atomic E-state index is 0.162. The van der Waals surface area contributed by atoms with E-state index in [1.807, 2.05) is 0 Å². The molecule has 1 atom stereocenters. The van der Waals surface area contributed by atoms with Crippen LogP contribution in [0, 0.1) is 5.92 Å². The minimum atomic E-state index is 0.162. The third kappa shape index (κ3) is 3.29. The van der Waals surface area contributed by atoms with E-state index in [-0.39, 0.29) is 12.0 Å². The van der Waals surface area contributed by atoms with Crippen molar-refractivity contribution < 1.29 is 0 Å². The van der Waals surface area contributed by atoms with Crippen LogP contribution in [0.4, 0.5) is 0 Å². The molecule has 0 saturated carbocycles. The molecule has 0 saturated heterocycles. The van der Waals surface area contributed by atoms with Crippen LogP contribution in [0.25, 0.3) is 0 Å². The predicted molar refractivity (Wildman–Crippen MR) is 86.8 cm³/mol. The highest BCUT2D eigenvalue weighted by atomic mass is 14.7. The number of rotatable bonds is 6. The molecule has 0 fully saturated rings. The zero-order chi connectivity index (χ0) is 14.4. The van der Waals surface area contributed by atoms with E-state index in [1.54, 1.807) is 0 Å². The van der Waals surface area contributed by atoms with Crippen LogP contribution in [0.5, 0.6) is 0 Å². The molecule has 0 amide bonds. The fraction of sp³-hybridized carbons (Fsp3) is 0.368. The first-order chi connectivity index (χ1) is 9.77. The molecule has 2 rings (SSSR count). The molecule has 1 heteroatoms. The SMILES string of the molecule is CCC(CC)C(N)C(c1ccccc1)c1ccccc1. The molecule has 1 unspecified atom stereocenters. The molecule has 0 aliphatic heterocycles. The second kappa shape index (κ2) is 7.25. The molecular weight excluding hydrogens is 242 g/mol. The highest BCUT2D eigenvalue weighted by Crippen LogP contribution is 2.32. The lowest BCUT2D eigenvalue weighted by Gasteiger charge is -2.30. The minimum Gasteiger partial charge on any atom is -0.327 e. The quantitative estimate of drug-likeness (QED) is 0.814. The Kier molecular flexibility index (Phi) is 5.37. The maximum absolute atomic E-state index is 6.65. The lowest BCUT2D eigenvalue weighted by molar-refractivity contribution is 0.368. The highest BCUT2D eigenvalue weighted by Gasteiger charge is 2.26. The molecule has 0 bridgehead atoms. The van der Waals surface area contributed by atoms with Gasteiger partial charge in [0.1, 0.15) is 0 Å². The van der Waals surface area contributed by atoms with Gasteiger partial charge in [0, 0.05) is 12.0 Å². The van der Waals surface area contributed by atoms with E-state index in [2.05, 4.69) is 74.5 Å². The number of nitrogens with two attached hydrogens (primary N) is 1. The lowest BCUT2D eigenvalue weighted by atomic mass is 9.78. The van der Waals surface area contributed by atoms with Gasteiger partial charge in [0.25, 0.3) is 0 Å². The fourth-order valence-corrected chi connectivity index (χ4v) is 3.06. The maximum atomic E-state index is 6.65. The summed E-state index contributed by atoms with van der Waals surface area (Å²) in [6.07, 6.45) is 2.27. The predicted octanol–water partition coefficient (Wildman–Crippen LogP) is 4.58. The standard InChI is InChI=1S/C19H25N/c1-3-15(4-2)19(20)18(16-11-7-5-8-12-16)17-13-9-6-10-14-17/h5-15,18-19H,3-4,20H2,1-2H3. The lowest BCUT2D eigenvalue weighted by Crippen LogP contribution is -2.36. The van der Waals surface area contributed by atoms with Gasteiger partial charge in [-0.25, -0.2) is 0 Å². The average molecular weight is 267 g/mol. The smallest absolute Gasteiger partial charge is 0.0243 e. The summed E-state index contributed by atoms with van der Waals surface area (Å²) in [6, 6.07) is 21.5. The van der Waals surface area contributed by atoms with Crippen LogP contribution in [0.15, 0.2) is 60.7 Å². The van der Waals surface area contributed by atoms with Gasteiger partial charge < -0.3 is 5.73 Å². The van der Waals surface area contributed by atoms with Gasteiger partial charge in [-0.3, -0.25) is 0 Å². The first kappa shape index (κ1) is 14.8. The summed E-state index contributed by atoms with van der Waals surface area (Å²) < 4.78 is 0. The van der Waals surface area contributed by atoms with Crippen molar-refractivity contribution in [3.8, 4) is 0 Å². The Labute approximate surface area is 122 Å². The van der Waals surface area contributed by atoms with Crippen LogP contribution in [0.3, 0.4) is 0 Å². The Hall–Kier alpha value is -1.60. The van der Waals surface area contributed by atoms with Gasteiger partial charge in [-0.2, -0.15) is 0 Å². The zero-order valence-electron chi connectivity index (χ0n) is 12.5. The van der Waals surface area contributed by atoms with Crippen molar-refractivity contribution in [3.63, 3.8) is 0 Å². The third-order valence-corrected chi connectivity index (χ3v) is 4.30. The first-order valence-corrected chi connectivity index (χ1v) is 7.63. The normalized spacial score (nSPS) is 12.8. The van der Waals surface area contributed by atoms with Crippen LogP contribution >= 0.6 is 0 Å². The Morgan fingerprint density at radius 3 is 1.50 bits per heavy atom. The van der Waals surface area contributed by atoms with Gasteiger partial charge in [-0.15, -0.1) is 0 Å². The molecule has 20 heavy (non-hydrogen) atoms. The highest BCUT2D eigenvalue weighted by molar-refractivity contribution is 5.34. The Morgan fingerprint density at radius 1 is 0.750 bits per heavy atom. The van der Waals surface area contributed by atoms with Crippen molar-refractivity contribution in [2.24, 2.45) is 11.7 Å². The van der Waals surface area contributed by atoms with Crippen molar-refractivity contribution in [1.82, 2.24) is 0 Å². The summed E-state index contributed by atoms with van der Waals surface area (Å²) >= 11 is 0. The maximum Gasteiger partial charge on any atom is 0.0243 e. The Bertz CT molecular complexity index is 448. The molecule has 2 N–H and O–H groups in total. The summed E-state index contributed by atoms with van der Waals surface area (Å²) in [5.41, 5.74) is 9.28. The summed E-state index contributed by atoms with van der Waals surface area (Å²) in [7, 11) is 0. The van der Waals surface area contributed by atoms with Gasteiger partial charge in [0.15, 0.2) is 0 Å². The largest absolute Gasteiger partial charge is 0.327 e. The second-order valence-corrected chi connectivity index (χ2v) is 5.45. The van der Waals surface area contributed by atoms with Crippen molar-refractivity contribution in [3.05, 3.63) is 71.8 Å².